The second-order valence-corrected chi connectivity index (χ2v) is 6.91. The van der Waals surface area contributed by atoms with Gasteiger partial charge in [0, 0.05) is 37.5 Å². The molecule has 0 saturated heterocycles. The van der Waals surface area contributed by atoms with Gasteiger partial charge in [0.2, 0.25) is 11.8 Å². The van der Waals surface area contributed by atoms with E-state index in [2.05, 4.69) is 5.32 Å². The van der Waals surface area contributed by atoms with Gasteiger partial charge in [0.15, 0.2) is 0 Å². The summed E-state index contributed by atoms with van der Waals surface area (Å²) in [5.74, 6) is -1.34. The minimum atomic E-state index is -0.844. The van der Waals surface area contributed by atoms with Gasteiger partial charge in [-0.1, -0.05) is 29.8 Å². The van der Waals surface area contributed by atoms with Crippen LogP contribution in [0.4, 0.5) is 17.1 Å². The number of para-hydroxylation sites is 1. The Morgan fingerprint density at radius 3 is 2.50 bits per heavy atom. The number of hydrogen-bond acceptors (Lipinski definition) is 4. The lowest BCUT2D eigenvalue weighted by molar-refractivity contribution is -0.131. The van der Waals surface area contributed by atoms with Gasteiger partial charge in [-0.3, -0.25) is 14.5 Å². The molecule has 3 rings (SSSR count). The normalized spacial score (nSPS) is 16.9. The largest absolute Gasteiger partial charge is 0.383 e. The molecule has 1 heterocycles. The number of halogens is 1. The summed E-state index contributed by atoms with van der Waals surface area (Å²) in [6.07, 6.45) is 0. The highest BCUT2D eigenvalue weighted by Gasteiger charge is 2.40. The van der Waals surface area contributed by atoms with Crippen LogP contribution in [0.1, 0.15) is 6.92 Å². The van der Waals surface area contributed by atoms with E-state index in [1.54, 1.807) is 35.1 Å². The van der Waals surface area contributed by atoms with Crippen LogP contribution in [-0.2, 0) is 14.3 Å². The van der Waals surface area contributed by atoms with Crippen LogP contribution in [0.25, 0.3) is 0 Å². The highest BCUT2D eigenvalue weighted by atomic mass is 35.5. The molecule has 28 heavy (non-hydrogen) atoms. The molecule has 1 N–H and O–H groups in total. The van der Waals surface area contributed by atoms with E-state index in [0.29, 0.717) is 41.8 Å². The zero-order valence-corrected chi connectivity index (χ0v) is 16.8. The van der Waals surface area contributed by atoms with E-state index >= 15 is 0 Å². The Morgan fingerprint density at radius 1 is 1.07 bits per heavy atom. The molecule has 148 valence electrons. The maximum Gasteiger partial charge on any atom is 0.245 e. The van der Waals surface area contributed by atoms with Crippen LogP contribution in [0.2, 0.25) is 5.02 Å². The topological polar surface area (TPSA) is 61.9 Å². The number of hydrogen-bond donors (Lipinski definition) is 1. The molecule has 0 radical (unpaired) electrons. The molecule has 0 spiro atoms. The minimum Gasteiger partial charge on any atom is -0.383 e. The zero-order valence-electron chi connectivity index (χ0n) is 16.0. The maximum absolute atomic E-state index is 13.5. The summed E-state index contributed by atoms with van der Waals surface area (Å²) in [6, 6.07) is 14.6. The highest BCUT2D eigenvalue weighted by molar-refractivity contribution is 6.31. The fourth-order valence-electron chi connectivity index (χ4n) is 3.36. The van der Waals surface area contributed by atoms with Gasteiger partial charge in [-0.2, -0.15) is 0 Å². The van der Waals surface area contributed by atoms with E-state index < -0.39 is 5.92 Å². The van der Waals surface area contributed by atoms with Gasteiger partial charge in [0.05, 0.1) is 18.0 Å². The molecule has 0 aliphatic carbocycles. The molecule has 0 aromatic heterocycles. The zero-order chi connectivity index (χ0) is 20.1. The highest BCUT2D eigenvalue weighted by Crippen LogP contribution is 2.40. The van der Waals surface area contributed by atoms with Gasteiger partial charge in [-0.15, -0.1) is 0 Å². The molecule has 6 nitrogen and oxygen atoms in total. The van der Waals surface area contributed by atoms with Crippen molar-refractivity contribution in [2.24, 2.45) is 5.92 Å². The molecular weight excluding hydrogens is 378 g/mol. The Morgan fingerprint density at radius 2 is 1.82 bits per heavy atom. The number of fused-ring (bicyclic) bond motifs is 1. The van der Waals surface area contributed by atoms with Crippen LogP contribution in [0.5, 0.6) is 0 Å². The summed E-state index contributed by atoms with van der Waals surface area (Å²) >= 11 is 6.24. The van der Waals surface area contributed by atoms with Crippen molar-refractivity contribution in [2.75, 3.05) is 43.2 Å². The van der Waals surface area contributed by atoms with E-state index in [0.717, 1.165) is 0 Å². The number of benzene rings is 2. The third-order valence-electron chi connectivity index (χ3n) is 4.71. The van der Waals surface area contributed by atoms with Crippen molar-refractivity contribution in [1.29, 1.82) is 0 Å². The fourth-order valence-corrected chi connectivity index (χ4v) is 3.52. The van der Waals surface area contributed by atoms with Crippen molar-refractivity contribution in [1.82, 2.24) is 5.32 Å². The minimum absolute atomic E-state index is 0.223. The average molecular weight is 402 g/mol. The van der Waals surface area contributed by atoms with E-state index in [1.807, 2.05) is 37.3 Å². The first-order valence-corrected chi connectivity index (χ1v) is 9.65. The lowest BCUT2D eigenvalue weighted by Crippen LogP contribution is -2.46. The molecule has 0 bridgehead atoms. The van der Waals surface area contributed by atoms with Crippen LogP contribution >= 0.6 is 11.6 Å². The predicted octanol–water partition coefficient (Wildman–Crippen LogP) is 3.22. The first kappa shape index (κ1) is 20.3. The molecule has 2 amide bonds. The fraction of sp³-hybridized carbons (Fsp3) is 0.333. The lowest BCUT2D eigenvalue weighted by atomic mass is 10.1. The van der Waals surface area contributed by atoms with Gasteiger partial charge in [-0.25, -0.2) is 0 Å². The number of methoxy groups -OCH3 is 1. The second kappa shape index (κ2) is 9.19. The molecule has 0 saturated carbocycles. The molecule has 0 fully saturated rings. The summed E-state index contributed by atoms with van der Waals surface area (Å²) < 4.78 is 5.04. The molecular formula is C21H24ClN3O3. The van der Waals surface area contributed by atoms with Crippen molar-refractivity contribution in [3.8, 4) is 0 Å². The Hall–Kier alpha value is -2.41. The van der Waals surface area contributed by atoms with Gasteiger partial charge in [0.25, 0.3) is 0 Å². The molecule has 1 aliphatic rings. The molecule has 2 aromatic rings. The smallest absolute Gasteiger partial charge is 0.245 e. The molecule has 7 heteroatoms. The molecule has 2 aromatic carbocycles. The number of nitrogens with one attached hydrogen (secondary N) is 1. The lowest BCUT2D eigenvalue weighted by Gasteiger charge is -2.25. The Balaban J connectivity index is 2.08. The van der Waals surface area contributed by atoms with Crippen molar-refractivity contribution in [3.63, 3.8) is 0 Å². The van der Waals surface area contributed by atoms with Gasteiger partial charge in [-0.05, 0) is 37.3 Å². The Kier molecular flexibility index (Phi) is 6.67. The molecule has 1 aliphatic heterocycles. The first-order chi connectivity index (χ1) is 13.6. The first-order valence-electron chi connectivity index (χ1n) is 9.28. The summed E-state index contributed by atoms with van der Waals surface area (Å²) in [5.41, 5.74) is 1.98. The quantitative estimate of drug-likeness (QED) is 0.571. The summed E-state index contributed by atoms with van der Waals surface area (Å²) in [5, 5.41) is 3.66. The summed E-state index contributed by atoms with van der Waals surface area (Å²) in [4.78, 5) is 30.0. The maximum atomic E-state index is 13.5. The predicted molar refractivity (Wildman–Crippen MR) is 111 cm³/mol. The third-order valence-corrected chi connectivity index (χ3v) is 4.95. The number of anilines is 3. The second-order valence-electron chi connectivity index (χ2n) is 6.47. The third kappa shape index (κ3) is 4.04. The number of carbonyl (C=O) groups excluding carboxylic acids is 2. The van der Waals surface area contributed by atoms with Crippen molar-refractivity contribution in [3.05, 3.63) is 53.6 Å². The number of amides is 2. The van der Waals surface area contributed by atoms with E-state index in [-0.39, 0.29) is 18.4 Å². The number of nitrogens with zero attached hydrogens (tertiary/aromatic N) is 2. The van der Waals surface area contributed by atoms with Gasteiger partial charge >= 0.3 is 0 Å². The monoisotopic (exact) mass is 401 g/mol. The van der Waals surface area contributed by atoms with Crippen molar-refractivity contribution < 1.29 is 14.3 Å². The summed E-state index contributed by atoms with van der Waals surface area (Å²) in [6.45, 7) is 3.66. The number of rotatable bonds is 7. The standard InChI is InChI=1S/C21H24ClN3O3/c1-3-24-18-10-9-15(22)13-19(18)25(16-7-5-4-6-8-16)21(27)17(20(24)26)14-23-11-12-28-2/h4-10,13,17,23H,3,11-12,14H2,1-2H3. The van der Waals surface area contributed by atoms with E-state index in [4.69, 9.17) is 16.3 Å². The van der Waals surface area contributed by atoms with Crippen molar-refractivity contribution >= 4 is 40.5 Å². The van der Waals surface area contributed by atoms with Gasteiger partial charge < -0.3 is 15.0 Å². The Bertz CT molecular complexity index is 844. The molecule has 1 atom stereocenters. The summed E-state index contributed by atoms with van der Waals surface area (Å²) in [7, 11) is 1.61. The van der Waals surface area contributed by atoms with E-state index in [9.17, 15) is 9.59 Å². The van der Waals surface area contributed by atoms with Crippen LogP contribution in [0.3, 0.4) is 0 Å². The van der Waals surface area contributed by atoms with Crippen LogP contribution in [-0.4, -0.2) is 45.2 Å². The average Bonchev–Trinajstić information content (AvgIpc) is 2.78. The van der Waals surface area contributed by atoms with Crippen LogP contribution in [0.15, 0.2) is 48.5 Å². The Labute approximate surface area is 170 Å². The van der Waals surface area contributed by atoms with Gasteiger partial charge in [0.1, 0.15) is 5.92 Å². The van der Waals surface area contributed by atoms with Crippen molar-refractivity contribution in [2.45, 2.75) is 6.92 Å². The SMILES string of the molecule is CCN1C(=O)C(CNCCOC)C(=O)N(c2ccccc2)c2cc(Cl)ccc21. The van der Waals surface area contributed by atoms with Crippen LogP contribution in [0, 0.1) is 5.92 Å². The number of carbonyl (C=O) groups is 2. The molecule has 1 unspecified atom stereocenters. The van der Waals surface area contributed by atoms with E-state index in [1.165, 1.54) is 0 Å². The van der Waals surface area contributed by atoms with Crippen LogP contribution < -0.4 is 15.1 Å². The number of ether oxygens (including phenoxy) is 1.